The molecule has 2 aliphatic rings. The number of carbonyl (C=O) groups is 2. The van der Waals surface area contributed by atoms with Gasteiger partial charge in [0.1, 0.15) is 4.53 Å². The third-order valence-corrected chi connectivity index (χ3v) is 4.53. The molecule has 1 fully saturated rings. The van der Waals surface area contributed by atoms with E-state index >= 15 is 0 Å². The highest BCUT2D eigenvalue weighted by Gasteiger charge is 2.44. The quantitative estimate of drug-likeness (QED) is 0.640. The van der Waals surface area contributed by atoms with Crippen molar-refractivity contribution >= 4 is 29.4 Å². The highest BCUT2D eigenvalue weighted by Crippen LogP contribution is 2.20. The predicted octanol–water partition coefficient (Wildman–Crippen LogP) is -1.92. The van der Waals surface area contributed by atoms with Crippen LogP contribution in [0.4, 0.5) is 4.79 Å². The van der Waals surface area contributed by atoms with Gasteiger partial charge in [-0.2, -0.15) is 4.68 Å². The van der Waals surface area contributed by atoms with Crippen molar-refractivity contribution in [2.75, 3.05) is 26.1 Å². The Kier molecular flexibility index (Phi) is 3.39. The fourth-order valence-electron chi connectivity index (χ4n) is 2.41. The topological polar surface area (TPSA) is 96.2 Å². The number of ether oxygens (including phenoxy) is 1. The van der Waals surface area contributed by atoms with Gasteiger partial charge in [-0.05, 0) is 6.92 Å². The lowest BCUT2D eigenvalue weighted by molar-refractivity contribution is -0.135. The van der Waals surface area contributed by atoms with E-state index in [0.29, 0.717) is 4.80 Å². The van der Waals surface area contributed by atoms with Gasteiger partial charge in [0, 0.05) is 20.2 Å². The van der Waals surface area contributed by atoms with Crippen LogP contribution in [0.3, 0.4) is 0 Å². The molecule has 0 saturated carbocycles. The zero-order chi connectivity index (χ0) is 16.0. The van der Waals surface area contributed by atoms with Crippen LogP contribution in [-0.4, -0.2) is 59.5 Å². The first-order valence-corrected chi connectivity index (χ1v) is 7.50. The first-order chi connectivity index (χ1) is 10.4. The molecule has 3 rings (SSSR count). The maximum atomic E-state index is 12.3. The van der Waals surface area contributed by atoms with E-state index in [1.165, 1.54) is 14.5 Å². The van der Waals surface area contributed by atoms with Crippen LogP contribution in [0, 0.1) is 0 Å². The van der Waals surface area contributed by atoms with Gasteiger partial charge in [0.05, 0.1) is 6.61 Å². The van der Waals surface area contributed by atoms with E-state index in [9.17, 15) is 14.4 Å². The van der Waals surface area contributed by atoms with Gasteiger partial charge in [-0.15, -0.1) is 0 Å². The predicted molar refractivity (Wildman–Crippen MR) is 78.3 cm³/mol. The number of amides is 2. The van der Waals surface area contributed by atoms with E-state index in [1.807, 2.05) is 0 Å². The second-order valence-electron chi connectivity index (χ2n) is 4.91. The average molecular weight is 325 g/mol. The van der Waals surface area contributed by atoms with Crippen molar-refractivity contribution in [2.45, 2.75) is 19.3 Å². The molecule has 2 aliphatic heterocycles. The summed E-state index contributed by atoms with van der Waals surface area (Å²) in [5.74, 6) is -0.566. The number of fused-ring (bicyclic) bond motifs is 2. The second-order valence-corrected chi connectivity index (χ2v) is 5.92. The second kappa shape index (κ2) is 5.13. The molecule has 1 aromatic rings. The molecule has 1 saturated heterocycles. The number of thiazole rings is 1. The van der Waals surface area contributed by atoms with E-state index in [-0.39, 0.29) is 22.7 Å². The van der Waals surface area contributed by atoms with Crippen LogP contribution in [0.25, 0.3) is 6.08 Å². The molecule has 1 aromatic heterocycles. The number of hydrogen-bond donors (Lipinski definition) is 1. The maximum Gasteiger partial charge on any atom is 0.332 e. The Labute approximate surface area is 129 Å². The summed E-state index contributed by atoms with van der Waals surface area (Å²) in [6, 6.07) is -0.173. The summed E-state index contributed by atoms with van der Waals surface area (Å²) in [6.07, 6.45) is 0.326. The number of hydrogen-bond acceptors (Lipinski definition) is 7. The van der Waals surface area contributed by atoms with E-state index in [0.717, 1.165) is 17.4 Å². The molecule has 9 nitrogen and oxygen atoms in total. The fourth-order valence-corrected chi connectivity index (χ4v) is 3.33. The minimum absolute atomic E-state index is 0.173. The van der Waals surface area contributed by atoms with E-state index < -0.39 is 18.3 Å². The van der Waals surface area contributed by atoms with Gasteiger partial charge >= 0.3 is 12.0 Å². The molecule has 2 unspecified atom stereocenters. The third kappa shape index (κ3) is 2.06. The highest BCUT2D eigenvalue weighted by atomic mass is 32.1. The molecule has 1 N–H and O–H groups in total. The van der Waals surface area contributed by atoms with Gasteiger partial charge in [0.2, 0.25) is 4.80 Å². The van der Waals surface area contributed by atoms with Gasteiger partial charge < -0.3 is 14.5 Å². The molecule has 0 spiro atoms. The first-order valence-electron chi connectivity index (χ1n) is 6.68. The molecule has 0 aliphatic carbocycles. The lowest BCUT2D eigenvalue weighted by Gasteiger charge is -2.26. The van der Waals surface area contributed by atoms with Crippen LogP contribution >= 0.6 is 11.3 Å². The number of urea groups is 1. The SMILES string of the molecule is CCOC(=O)/C=c1\sc2n(c1=O)NC1C(N=2)N(C)C(=O)N1C. The van der Waals surface area contributed by atoms with Crippen molar-refractivity contribution in [1.82, 2.24) is 14.5 Å². The minimum atomic E-state index is -0.566. The van der Waals surface area contributed by atoms with E-state index in [1.54, 1.807) is 21.0 Å². The van der Waals surface area contributed by atoms with Crippen molar-refractivity contribution in [2.24, 2.45) is 4.99 Å². The molecule has 0 aromatic carbocycles. The zero-order valence-corrected chi connectivity index (χ0v) is 13.1. The van der Waals surface area contributed by atoms with Crippen LogP contribution in [0.2, 0.25) is 0 Å². The van der Waals surface area contributed by atoms with Crippen molar-refractivity contribution < 1.29 is 14.3 Å². The number of nitrogens with zero attached hydrogens (tertiary/aromatic N) is 4. The standard InChI is InChI=1S/C12H15N5O4S/c1-4-21-7(18)5-6-10(19)17-11(22-6)13-8-9(14-17)16(3)12(20)15(8)2/h5,8-9,14H,4H2,1-3H3/b6-5-. The van der Waals surface area contributed by atoms with Crippen LogP contribution in [0.15, 0.2) is 9.79 Å². The molecule has 22 heavy (non-hydrogen) atoms. The van der Waals surface area contributed by atoms with Crippen molar-refractivity contribution in [1.29, 1.82) is 0 Å². The third-order valence-electron chi connectivity index (χ3n) is 3.55. The van der Waals surface area contributed by atoms with E-state index in [2.05, 4.69) is 10.4 Å². The summed E-state index contributed by atoms with van der Waals surface area (Å²) >= 11 is 1.08. The summed E-state index contributed by atoms with van der Waals surface area (Å²) in [7, 11) is 3.29. The fraction of sp³-hybridized carbons (Fsp3) is 0.500. The molecule has 0 radical (unpaired) electrons. The Balaban J connectivity index is 2.06. The van der Waals surface area contributed by atoms with Crippen molar-refractivity contribution in [3.05, 3.63) is 19.7 Å². The number of nitrogens with one attached hydrogen (secondary N) is 1. The summed E-state index contributed by atoms with van der Waals surface area (Å²) in [5, 5.41) is 0. The van der Waals surface area contributed by atoms with Crippen LogP contribution in [-0.2, 0) is 9.53 Å². The molecular weight excluding hydrogens is 310 g/mol. The lowest BCUT2D eigenvalue weighted by Crippen LogP contribution is -2.54. The smallest absolute Gasteiger partial charge is 0.332 e. The Morgan fingerprint density at radius 1 is 1.41 bits per heavy atom. The monoisotopic (exact) mass is 325 g/mol. The summed E-state index contributed by atoms with van der Waals surface area (Å²) in [5.41, 5.74) is 2.59. The molecule has 2 amide bonds. The van der Waals surface area contributed by atoms with Crippen molar-refractivity contribution in [3.8, 4) is 0 Å². The van der Waals surface area contributed by atoms with Gasteiger partial charge in [-0.3, -0.25) is 10.2 Å². The van der Waals surface area contributed by atoms with Crippen molar-refractivity contribution in [3.63, 3.8) is 0 Å². The van der Waals surface area contributed by atoms with Gasteiger partial charge in [0.15, 0.2) is 12.3 Å². The highest BCUT2D eigenvalue weighted by molar-refractivity contribution is 7.07. The Morgan fingerprint density at radius 2 is 2.14 bits per heavy atom. The van der Waals surface area contributed by atoms with Gasteiger partial charge in [0.25, 0.3) is 5.56 Å². The van der Waals surface area contributed by atoms with Crippen LogP contribution < -0.4 is 20.3 Å². The molecule has 0 bridgehead atoms. The Morgan fingerprint density at radius 3 is 2.82 bits per heavy atom. The van der Waals surface area contributed by atoms with Gasteiger partial charge in [-0.25, -0.2) is 14.6 Å². The number of aromatic nitrogens is 1. The molecule has 3 heterocycles. The number of rotatable bonds is 2. The number of esters is 1. The summed E-state index contributed by atoms with van der Waals surface area (Å²) in [6.45, 7) is 1.94. The Bertz CT molecular complexity index is 812. The minimum Gasteiger partial charge on any atom is -0.463 e. The van der Waals surface area contributed by atoms with Gasteiger partial charge in [-0.1, -0.05) is 11.3 Å². The van der Waals surface area contributed by atoms with Crippen LogP contribution in [0.5, 0.6) is 0 Å². The largest absolute Gasteiger partial charge is 0.463 e. The first kappa shape index (κ1) is 14.6. The number of likely N-dealkylation sites (N-methyl/N-ethyl adjacent to an activating group) is 2. The molecule has 10 heteroatoms. The summed E-state index contributed by atoms with van der Waals surface area (Å²) < 4.78 is 6.31. The average Bonchev–Trinajstić information content (AvgIpc) is 2.89. The summed E-state index contributed by atoms with van der Waals surface area (Å²) in [4.78, 5) is 43.5. The molecular formula is C12H15N5O4S. The molecule has 118 valence electrons. The zero-order valence-electron chi connectivity index (χ0n) is 12.3. The normalized spacial score (nSPS) is 23.8. The Hall–Kier alpha value is -2.36. The van der Waals surface area contributed by atoms with Crippen LogP contribution in [0.1, 0.15) is 6.92 Å². The number of carbonyl (C=O) groups excluding carboxylic acids is 2. The lowest BCUT2D eigenvalue weighted by atomic mass is 10.4. The maximum absolute atomic E-state index is 12.3. The molecule has 2 atom stereocenters. The van der Waals surface area contributed by atoms with E-state index in [4.69, 9.17) is 4.74 Å².